The first-order chi connectivity index (χ1) is 15.7. The third kappa shape index (κ3) is 7.69. The molecule has 0 amide bonds. The second kappa shape index (κ2) is 11.4. The number of nitrogens with two attached hydrogens (primary N) is 1. The van der Waals surface area contributed by atoms with E-state index in [1.165, 1.54) is 0 Å². The van der Waals surface area contributed by atoms with Crippen molar-refractivity contribution in [3.63, 3.8) is 0 Å². The van der Waals surface area contributed by atoms with Crippen molar-refractivity contribution in [3.05, 3.63) is 66.7 Å². The summed E-state index contributed by atoms with van der Waals surface area (Å²) in [5.74, 6) is 0.927. The number of hydrogen-bond acceptors (Lipinski definition) is 6. The normalized spacial score (nSPS) is 13.4. The Hall–Kier alpha value is -2.70. The predicted molar refractivity (Wildman–Crippen MR) is 130 cm³/mol. The van der Waals surface area contributed by atoms with Crippen LogP contribution in [0.25, 0.3) is 10.8 Å². The zero-order chi connectivity index (χ0) is 23.8. The Labute approximate surface area is 196 Å². The van der Waals surface area contributed by atoms with Gasteiger partial charge in [-0.2, -0.15) is 5.48 Å². The molecule has 0 saturated carbocycles. The highest BCUT2D eigenvalue weighted by atomic mass is 31.2. The average Bonchev–Trinajstić information content (AvgIpc) is 2.78. The number of fused-ring (bicyclic) bond motifs is 1. The molecule has 0 saturated heterocycles. The lowest BCUT2D eigenvalue weighted by atomic mass is 9.99. The molecule has 0 aliphatic heterocycles. The van der Waals surface area contributed by atoms with Crippen molar-refractivity contribution in [1.29, 1.82) is 0 Å². The minimum atomic E-state index is -1.71. The molecule has 176 valence electrons. The summed E-state index contributed by atoms with van der Waals surface area (Å²) in [4.78, 5) is 17.6. The van der Waals surface area contributed by atoms with Crippen LogP contribution in [0.2, 0.25) is 0 Å². The minimum Gasteiger partial charge on any atom is -0.464 e. The van der Waals surface area contributed by atoms with Crippen molar-refractivity contribution in [1.82, 2.24) is 5.09 Å². The topological polar surface area (TPSA) is 82.6 Å². The number of ether oxygens (including phenoxy) is 1. The van der Waals surface area contributed by atoms with Gasteiger partial charge in [0.15, 0.2) is 5.69 Å². The van der Waals surface area contributed by atoms with Crippen molar-refractivity contribution >= 4 is 31.0 Å². The van der Waals surface area contributed by atoms with Gasteiger partial charge in [0.05, 0.1) is 13.7 Å². The molecule has 3 aromatic rings. The van der Waals surface area contributed by atoms with Crippen molar-refractivity contribution in [3.8, 4) is 11.5 Å². The number of esters is 1. The summed E-state index contributed by atoms with van der Waals surface area (Å²) < 4.78 is 17.9. The van der Waals surface area contributed by atoms with Gasteiger partial charge in [-0.15, -0.1) is 0 Å². The maximum Gasteiger partial charge on any atom is 0.382 e. The first-order valence-electron chi connectivity index (χ1n) is 10.8. The van der Waals surface area contributed by atoms with Gasteiger partial charge in [-0.05, 0) is 35.9 Å². The van der Waals surface area contributed by atoms with Crippen LogP contribution in [0.1, 0.15) is 27.7 Å². The van der Waals surface area contributed by atoms with Gasteiger partial charge in [-0.3, -0.25) is 4.79 Å². The molecule has 2 unspecified atom stereocenters. The van der Waals surface area contributed by atoms with Crippen molar-refractivity contribution in [2.75, 3.05) is 13.7 Å². The maximum absolute atomic E-state index is 12.6. The number of nitrogens with one attached hydrogen (secondary N) is 1. The fourth-order valence-corrected chi connectivity index (χ4v) is 4.11. The number of carbonyl (C=O) groups excluding carboxylic acids is 1. The largest absolute Gasteiger partial charge is 0.464 e. The van der Waals surface area contributed by atoms with E-state index in [1.54, 1.807) is 19.5 Å². The summed E-state index contributed by atoms with van der Waals surface area (Å²) in [6.07, 6.45) is 0. The molecular formula is C25H32N2O5P+. The first-order valence-corrected chi connectivity index (χ1v) is 12.0. The Kier molecular flexibility index (Phi) is 8.64. The zero-order valence-electron chi connectivity index (χ0n) is 19.7. The molecular weight excluding hydrogens is 439 g/mol. The maximum atomic E-state index is 12.6. The van der Waals surface area contributed by atoms with E-state index >= 15 is 0 Å². The van der Waals surface area contributed by atoms with E-state index in [4.69, 9.17) is 18.6 Å². The Morgan fingerprint density at radius 2 is 1.70 bits per heavy atom. The van der Waals surface area contributed by atoms with Crippen LogP contribution < -0.4 is 19.6 Å². The fourth-order valence-electron chi connectivity index (χ4n) is 2.90. The molecule has 7 nitrogen and oxygen atoms in total. The van der Waals surface area contributed by atoms with E-state index in [-0.39, 0.29) is 11.4 Å². The van der Waals surface area contributed by atoms with Crippen LogP contribution in [-0.4, -0.2) is 25.7 Å². The highest BCUT2D eigenvalue weighted by molar-refractivity contribution is 7.45. The molecule has 0 fully saturated rings. The number of hydrogen-bond donors (Lipinski definition) is 2. The Morgan fingerprint density at radius 1 is 1.00 bits per heavy atom. The summed E-state index contributed by atoms with van der Waals surface area (Å²) in [6.45, 7) is 8.12. The summed E-state index contributed by atoms with van der Waals surface area (Å²) in [5, 5.41) is 5.19. The van der Waals surface area contributed by atoms with Crippen molar-refractivity contribution in [2.45, 2.75) is 33.7 Å². The molecule has 0 spiro atoms. The molecule has 0 aliphatic carbocycles. The lowest BCUT2D eigenvalue weighted by Crippen LogP contribution is -2.75. The standard InChI is InChI=1S/C25H31N2O5P/c1-18(24(28)30-17-25(2,3)4)27-33(31-21-15-13-20(14-16-21)26-29-5)32-23-12-8-10-19-9-6-7-11-22(19)23/h6-16,18,26-27H,17H2,1-5H3/p+1. The molecule has 3 aromatic carbocycles. The van der Waals surface area contributed by atoms with Gasteiger partial charge in [-0.1, -0.05) is 57.2 Å². The lowest BCUT2D eigenvalue weighted by molar-refractivity contribution is -0.830. The molecule has 0 heterocycles. The average molecular weight is 472 g/mol. The van der Waals surface area contributed by atoms with Crippen LogP contribution in [0.15, 0.2) is 66.7 Å². The molecule has 0 aromatic heterocycles. The van der Waals surface area contributed by atoms with E-state index in [0.717, 1.165) is 16.5 Å². The summed E-state index contributed by atoms with van der Waals surface area (Å²) in [5.41, 5.74) is 2.44. The van der Waals surface area contributed by atoms with Gasteiger partial charge in [0.2, 0.25) is 0 Å². The fraction of sp³-hybridized carbons (Fsp3) is 0.320. The molecule has 33 heavy (non-hydrogen) atoms. The summed E-state index contributed by atoms with van der Waals surface area (Å²) in [6, 6.07) is 20.6. The van der Waals surface area contributed by atoms with Crippen LogP contribution in [0.3, 0.4) is 0 Å². The van der Waals surface area contributed by atoms with E-state index in [1.807, 2.05) is 87.5 Å². The van der Waals surface area contributed by atoms with Gasteiger partial charge < -0.3 is 13.8 Å². The van der Waals surface area contributed by atoms with Crippen LogP contribution in [0.4, 0.5) is 5.69 Å². The monoisotopic (exact) mass is 471 g/mol. The Bertz CT molecular complexity index is 1050. The zero-order valence-corrected chi connectivity index (χ0v) is 20.6. The van der Waals surface area contributed by atoms with Gasteiger partial charge in [-0.25, -0.2) is 9.92 Å². The quantitative estimate of drug-likeness (QED) is 0.190. The smallest absolute Gasteiger partial charge is 0.382 e. The van der Waals surface area contributed by atoms with Crippen LogP contribution in [-0.2, 0) is 14.4 Å². The van der Waals surface area contributed by atoms with E-state index < -0.39 is 14.6 Å². The van der Waals surface area contributed by atoms with Crippen LogP contribution >= 0.6 is 8.53 Å². The first kappa shape index (κ1) is 24.9. The molecule has 2 atom stereocenters. The van der Waals surface area contributed by atoms with E-state index in [9.17, 15) is 4.79 Å². The second-order valence-electron chi connectivity index (χ2n) is 8.86. The van der Waals surface area contributed by atoms with Crippen LogP contribution in [0, 0.1) is 5.41 Å². The van der Waals surface area contributed by atoms with Gasteiger partial charge in [0.25, 0.3) is 0 Å². The minimum absolute atomic E-state index is 0.114. The third-order valence-electron chi connectivity index (χ3n) is 4.55. The van der Waals surface area contributed by atoms with Gasteiger partial charge in [0.1, 0.15) is 17.5 Å². The van der Waals surface area contributed by atoms with Crippen molar-refractivity contribution < 1.29 is 28.9 Å². The van der Waals surface area contributed by atoms with Gasteiger partial charge in [0, 0.05) is 17.5 Å². The molecule has 0 aliphatic rings. The molecule has 0 radical (unpaired) electrons. The van der Waals surface area contributed by atoms with Crippen molar-refractivity contribution in [2.24, 2.45) is 5.41 Å². The molecule has 3 rings (SSSR count). The number of rotatable bonds is 10. The molecule has 8 heteroatoms. The van der Waals surface area contributed by atoms with E-state index in [0.29, 0.717) is 18.1 Å². The predicted octanol–water partition coefficient (Wildman–Crippen LogP) is 4.85. The number of benzene rings is 3. The Balaban J connectivity index is 1.78. The van der Waals surface area contributed by atoms with Crippen LogP contribution in [0.5, 0.6) is 11.5 Å². The number of carbonyl (C=O) groups is 1. The Morgan fingerprint density at radius 3 is 2.39 bits per heavy atom. The molecule has 3 N–H and O–H groups in total. The molecule has 0 bridgehead atoms. The third-order valence-corrected chi connectivity index (χ3v) is 5.89. The SMILES string of the molecule is CO[NH2+]c1ccc(OP(NC(C)C(=O)OCC(C)(C)C)Oc2cccc3ccccc23)cc1. The highest BCUT2D eigenvalue weighted by Gasteiger charge is 2.26. The lowest BCUT2D eigenvalue weighted by Gasteiger charge is -2.24. The number of quaternary nitrogens is 1. The van der Waals surface area contributed by atoms with Gasteiger partial charge >= 0.3 is 14.5 Å². The summed E-state index contributed by atoms with van der Waals surface area (Å²) in [7, 11) is -0.104. The highest BCUT2D eigenvalue weighted by Crippen LogP contribution is 2.40. The van der Waals surface area contributed by atoms with E-state index in [2.05, 4.69) is 5.09 Å². The second-order valence-corrected chi connectivity index (χ2v) is 10.00. The summed E-state index contributed by atoms with van der Waals surface area (Å²) >= 11 is 0.